The number of amides is 1. The predicted molar refractivity (Wildman–Crippen MR) is 81.5 cm³/mol. The molecule has 1 aromatic carbocycles. The Balaban J connectivity index is 2.41. The van der Waals surface area contributed by atoms with Gasteiger partial charge in [0.15, 0.2) is 5.83 Å². The molecule has 0 saturated carbocycles. The van der Waals surface area contributed by atoms with Crippen molar-refractivity contribution in [2.75, 3.05) is 0 Å². The van der Waals surface area contributed by atoms with Crippen LogP contribution in [-0.4, -0.2) is 15.5 Å². The normalized spacial score (nSPS) is 13.7. The number of nitrogens with one attached hydrogen (secondary N) is 1. The molecule has 4 nitrogen and oxygen atoms in total. The predicted octanol–water partition coefficient (Wildman–Crippen LogP) is 3.67. The molecular weight excluding hydrogens is 269 g/mol. The van der Waals surface area contributed by atoms with Crippen molar-refractivity contribution in [2.24, 2.45) is 0 Å². The second-order valence-corrected chi connectivity index (χ2v) is 5.25. The Morgan fingerprint density at radius 1 is 1.33 bits per heavy atom. The lowest BCUT2D eigenvalue weighted by Gasteiger charge is -2.18. The van der Waals surface area contributed by atoms with Gasteiger partial charge in [-0.2, -0.15) is 0 Å². The van der Waals surface area contributed by atoms with Crippen LogP contribution in [0.3, 0.4) is 0 Å². The van der Waals surface area contributed by atoms with Crippen molar-refractivity contribution in [1.29, 1.82) is 0 Å². The van der Waals surface area contributed by atoms with Crippen molar-refractivity contribution in [3.8, 4) is 0 Å². The lowest BCUT2D eigenvalue weighted by molar-refractivity contribution is -0.119. The third-order valence-electron chi connectivity index (χ3n) is 3.34. The number of para-hydroxylation sites is 2. The number of allylic oxidation sites excluding steroid dienone is 1. The van der Waals surface area contributed by atoms with Crippen LogP contribution in [0.15, 0.2) is 36.2 Å². The van der Waals surface area contributed by atoms with Crippen LogP contribution in [0.1, 0.15) is 45.6 Å². The Morgan fingerprint density at radius 3 is 2.62 bits per heavy atom. The van der Waals surface area contributed by atoms with E-state index in [-0.39, 0.29) is 12.1 Å². The first-order valence-corrected chi connectivity index (χ1v) is 7.05. The maximum Gasteiger partial charge on any atom is 0.280 e. The van der Waals surface area contributed by atoms with Crippen molar-refractivity contribution < 1.29 is 9.18 Å². The van der Waals surface area contributed by atoms with E-state index in [1.807, 2.05) is 24.3 Å². The zero-order valence-corrected chi connectivity index (χ0v) is 12.7. The highest BCUT2D eigenvalue weighted by Gasteiger charge is 2.20. The lowest BCUT2D eigenvalue weighted by atomic mass is 10.2. The minimum Gasteiger partial charge on any atom is -0.340 e. The van der Waals surface area contributed by atoms with Gasteiger partial charge in [0.2, 0.25) is 0 Å². The van der Waals surface area contributed by atoms with E-state index in [2.05, 4.69) is 28.7 Å². The van der Waals surface area contributed by atoms with Crippen LogP contribution in [0.2, 0.25) is 0 Å². The average Bonchev–Trinajstić information content (AvgIpc) is 2.85. The van der Waals surface area contributed by atoms with Crippen LogP contribution < -0.4 is 5.32 Å². The molecule has 0 saturated heterocycles. The second-order valence-electron chi connectivity index (χ2n) is 5.25. The average molecular weight is 289 g/mol. The quantitative estimate of drug-likeness (QED) is 0.873. The van der Waals surface area contributed by atoms with Gasteiger partial charge in [-0.25, -0.2) is 9.37 Å². The molecule has 2 rings (SSSR count). The summed E-state index contributed by atoms with van der Waals surface area (Å²) in [7, 11) is 0. The van der Waals surface area contributed by atoms with Crippen LogP contribution in [-0.2, 0) is 4.79 Å². The molecule has 1 aromatic heterocycles. The molecule has 0 aliphatic heterocycles. The van der Waals surface area contributed by atoms with Gasteiger partial charge in [-0.3, -0.25) is 4.79 Å². The maximum atomic E-state index is 13.3. The van der Waals surface area contributed by atoms with E-state index in [0.29, 0.717) is 0 Å². The maximum absolute atomic E-state index is 13.3. The summed E-state index contributed by atoms with van der Waals surface area (Å²) in [6.45, 7) is 7.40. The summed E-state index contributed by atoms with van der Waals surface area (Å²) in [6.07, 6.45) is 1.15. The third-order valence-corrected chi connectivity index (χ3v) is 3.34. The van der Waals surface area contributed by atoms with Gasteiger partial charge in [0.05, 0.1) is 17.1 Å². The number of carbonyl (C=O) groups is 1. The monoisotopic (exact) mass is 289 g/mol. The van der Waals surface area contributed by atoms with Gasteiger partial charge in [0.25, 0.3) is 5.91 Å². The van der Waals surface area contributed by atoms with Gasteiger partial charge in [-0.15, -0.1) is 0 Å². The molecular formula is C16H20FN3O. The van der Waals surface area contributed by atoms with E-state index in [1.54, 1.807) is 6.92 Å². The van der Waals surface area contributed by atoms with Crippen LogP contribution in [0, 0.1) is 0 Å². The highest BCUT2D eigenvalue weighted by atomic mass is 19.1. The highest BCUT2D eigenvalue weighted by Crippen LogP contribution is 2.24. The first kappa shape index (κ1) is 15.2. The van der Waals surface area contributed by atoms with E-state index in [9.17, 15) is 9.18 Å². The molecule has 1 amide bonds. The summed E-state index contributed by atoms with van der Waals surface area (Å²) in [6, 6.07) is 7.62. The fourth-order valence-corrected chi connectivity index (χ4v) is 2.37. The summed E-state index contributed by atoms with van der Waals surface area (Å²) in [4.78, 5) is 16.2. The SMILES string of the molecule is C/C=C(\F)C(=O)NC(C)c1nc2ccccc2n1C(C)C. The van der Waals surface area contributed by atoms with Gasteiger partial charge in [0, 0.05) is 6.04 Å². The molecule has 1 atom stereocenters. The largest absolute Gasteiger partial charge is 0.340 e. The Morgan fingerprint density at radius 2 is 2.00 bits per heavy atom. The van der Waals surface area contributed by atoms with Crippen LogP contribution in [0.25, 0.3) is 11.0 Å². The molecule has 0 radical (unpaired) electrons. The minimum atomic E-state index is -0.783. The highest BCUT2D eigenvalue weighted by molar-refractivity contribution is 5.91. The fourth-order valence-electron chi connectivity index (χ4n) is 2.37. The molecule has 0 fully saturated rings. The number of nitrogens with zero attached hydrogens (tertiary/aromatic N) is 2. The first-order chi connectivity index (χ1) is 9.95. The molecule has 112 valence electrons. The smallest absolute Gasteiger partial charge is 0.280 e. The fraction of sp³-hybridized carbons (Fsp3) is 0.375. The Bertz CT molecular complexity index is 688. The third kappa shape index (κ3) is 2.96. The van der Waals surface area contributed by atoms with Crippen LogP contribution in [0.5, 0.6) is 0 Å². The molecule has 0 aliphatic carbocycles. The van der Waals surface area contributed by atoms with E-state index >= 15 is 0 Å². The summed E-state index contributed by atoms with van der Waals surface area (Å²) in [5.41, 5.74) is 1.88. The standard InChI is InChI=1S/C16H20FN3O/c1-5-12(17)16(21)18-11(4)15-19-13-8-6-7-9-14(13)20(15)10(2)3/h5-11H,1-4H3,(H,18,21)/b12-5-. The van der Waals surface area contributed by atoms with E-state index in [0.717, 1.165) is 22.9 Å². The Labute approximate surface area is 123 Å². The van der Waals surface area contributed by atoms with Gasteiger partial charge in [-0.05, 0) is 45.9 Å². The summed E-state index contributed by atoms with van der Waals surface area (Å²) in [5.74, 6) is -0.773. The molecule has 5 heteroatoms. The number of aromatic nitrogens is 2. The summed E-state index contributed by atoms with van der Waals surface area (Å²) >= 11 is 0. The zero-order chi connectivity index (χ0) is 15.6. The molecule has 1 unspecified atom stereocenters. The molecule has 1 heterocycles. The molecule has 21 heavy (non-hydrogen) atoms. The van der Waals surface area contributed by atoms with Crippen LogP contribution in [0.4, 0.5) is 4.39 Å². The van der Waals surface area contributed by atoms with Crippen molar-refractivity contribution >= 4 is 16.9 Å². The van der Waals surface area contributed by atoms with E-state index in [1.165, 1.54) is 6.92 Å². The topological polar surface area (TPSA) is 46.9 Å². The number of halogens is 1. The number of imidazole rings is 1. The Kier molecular flexibility index (Phi) is 4.40. The first-order valence-electron chi connectivity index (χ1n) is 7.05. The number of hydrogen-bond acceptors (Lipinski definition) is 2. The van der Waals surface area contributed by atoms with Gasteiger partial charge >= 0.3 is 0 Å². The zero-order valence-electron chi connectivity index (χ0n) is 12.7. The number of benzene rings is 1. The Hall–Kier alpha value is -2.17. The van der Waals surface area contributed by atoms with Gasteiger partial charge < -0.3 is 9.88 Å². The van der Waals surface area contributed by atoms with Crippen molar-refractivity contribution in [1.82, 2.24) is 14.9 Å². The van der Waals surface area contributed by atoms with Crippen molar-refractivity contribution in [3.05, 3.63) is 42.0 Å². The summed E-state index contributed by atoms with van der Waals surface area (Å²) < 4.78 is 15.4. The van der Waals surface area contributed by atoms with Gasteiger partial charge in [-0.1, -0.05) is 12.1 Å². The molecule has 2 aromatic rings. The second kappa shape index (κ2) is 6.08. The number of hydrogen-bond donors (Lipinski definition) is 1. The summed E-state index contributed by atoms with van der Waals surface area (Å²) in [5, 5.41) is 2.64. The van der Waals surface area contributed by atoms with E-state index in [4.69, 9.17) is 0 Å². The number of fused-ring (bicyclic) bond motifs is 1. The number of carbonyl (C=O) groups excluding carboxylic acids is 1. The molecule has 0 bridgehead atoms. The van der Waals surface area contributed by atoms with Crippen molar-refractivity contribution in [2.45, 2.75) is 39.8 Å². The van der Waals surface area contributed by atoms with Gasteiger partial charge in [0.1, 0.15) is 5.82 Å². The van der Waals surface area contributed by atoms with Crippen molar-refractivity contribution in [3.63, 3.8) is 0 Å². The number of rotatable bonds is 4. The molecule has 0 aliphatic rings. The minimum absolute atomic E-state index is 0.193. The molecule has 0 spiro atoms. The lowest BCUT2D eigenvalue weighted by Crippen LogP contribution is -2.29. The van der Waals surface area contributed by atoms with Crippen LogP contribution >= 0.6 is 0 Å². The van der Waals surface area contributed by atoms with E-state index < -0.39 is 11.7 Å². The molecule has 1 N–H and O–H groups in total.